The van der Waals surface area contributed by atoms with Crippen LogP contribution in [0.2, 0.25) is 0 Å². The fourth-order valence-electron chi connectivity index (χ4n) is 2.04. The summed E-state index contributed by atoms with van der Waals surface area (Å²) in [5, 5.41) is 0. The van der Waals surface area contributed by atoms with Crippen LogP contribution in [0.25, 0.3) is 0 Å². The number of carbonyl (C=O) groups excluding carboxylic acids is 2. The SMILES string of the molecule is COC(=O)/C=C\OCCC1CCN(C(=O)OC(C)(C)C)C1. The average molecular weight is 299 g/mol. The zero-order valence-electron chi connectivity index (χ0n) is 13.3. The van der Waals surface area contributed by atoms with E-state index in [0.29, 0.717) is 19.1 Å². The maximum atomic E-state index is 11.9. The Morgan fingerprint density at radius 2 is 2.05 bits per heavy atom. The van der Waals surface area contributed by atoms with E-state index >= 15 is 0 Å². The molecule has 0 bridgehead atoms. The summed E-state index contributed by atoms with van der Waals surface area (Å²) >= 11 is 0. The molecule has 0 aromatic rings. The van der Waals surface area contributed by atoms with Gasteiger partial charge in [0.2, 0.25) is 0 Å². The first-order valence-corrected chi connectivity index (χ1v) is 7.16. The van der Waals surface area contributed by atoms with E-state index in [4.69, 9.17) is 9.47 Å². The van der Waals surface area contributed by atoms with E-state index < -0.39 is 11.6 Å². The Bertz CT molecular complexity index is 386. The molecule has 6 nitrogen and oxygen atoms in total. The predicted octanol–water partition coefficient (Wildman–Crippen LogP) is 2.34. The maximum absolute atomic E-state index is 11.9. The number of methoxy groups -OCH3 is 1. The number of hydrogen-bond acceptors (Lipinski definition) is 5. The van der Waals surface area contributed by atoms with Gasteiger partial charge in [-0.2, -0.15) is 0 Å². The van der Waals surface area contributed by atoms with E-state index in [1.54, 1.807) is 4.90 Å². The molecule has 0 radical (unpaired) electrons. The van der Waals surface area contributed by atoms with Crippen molar-refractivity contribution in [3.63, 3.8) is 0 Å². The Morgan fingerprint density at radius 1 is 1.33 bits per heavy atom. The van der Waals surface area contributed by atoms with Gasteiger partial charge in [0.15, 0.2) is 0 Å². The highest BCUT2D eigenvalue weighted by molar-refractivity contribution is 5.81. The second kappa shape index (κ2) is 7.90. The number of carbonyl (C=O) groups is 2. The van der Waals surface area contributed by atoms with Crippen LogP contribution in [0.15, 0.2) is 12.3 Å². The number of amides is 1. The van der Waals surface area contributed by atoms with Gasteiger partial charge >= 0.3 is 12.1 Å². The maximum Gasteiger partial charge on any atom is 0.410 e. The lowest BCUT2D eigenvalue weighted by Gasteiger charge is -2.24. The van der Waals surface area contributed by atoms with Gasteiger partial charge < -0.3 is 19.1 Å². The highest BCUT2D eigenvalue weighted by Gasteiger charge is 2.29. The molecule has 0 aliphatic carbocycles. The topological polar surface area (TPSA) is 65.1 Å². The zero-order chi connectivity index (χ0) is 15.9. The van der Waals surface area contributed by atoms with E-state index in [-0.39, 0.29) is 6.09 Å². The van der Waals surface area contributed by atoms with Gasteiger partial charge in [-0.15, -0.1) is 0 Å². The third-order valence-corrected chi connectivity index (χ3v) is 3.08. The molecule has 0 saturated carbocycles. The largest absolute Gasteiger partial charge is 0.501 e. The van der Waals surface area contributed by atoms with Gasteiger partial charge in [0, 0.05) is 13.1 Å². The molecule has 1 heterocycles. The van der Waals surface area contributed by atoms with Crippen molar-refractivity contribution in [1.29, 1.82) is 0 Å². The normalized spacial score (nSPS) is 18.9. The minimum absolute atomic E-state index is 0.253. The molecule has 1 rings (SSSR count). The van der Waals surface area contributed by atoms with E-state index in [9.17, 15) is 9.59 Å². The molecule has 1 saturated heterocycles. The van der Waals surface area contributed by atoms with Crippen LogP contribution in [-0.4, -0.2) is 49.4 Å². The van der Waals surface area contributed by atoms with E-state index in [1.165, 1.54) is 19.4 Å². The Hall–Kier alpha value is -1.72. The lowest BCUT2D eigenvalue weighted by Crippen LogP contribution is -2.35. The van der Waals surface area contributed by atoms with Crippen LogP contribution < -0.4 is 0 Å². The molecule has 1 aliphatic rings. The lowest BCUT2D eigenvalue weighted by atomic mass is 10.1. The lowest BCUT2D eigenvalue weighted by molar-refractivity contribution is -0.135. The van der Waals surface area contributed by atoms with Gasteiger partial charge in [0.1, 0.15) is 5.60 Å². The van der Waals surface area contributed by atoms with Crippen LogP contribution in [0.3, 0.4) is 0 Å². The fraction of sp³-hybridized carbons (Fsp3) is 0.733. The number of likely N-dealkylation sites (tertiary alicyclic amines) is 1. The van der Waals surface area contributed by atoms with Crippen molar-refractivity contribution in [3.8, 4) is 0 Å². The summed E-state index contributed by atoms with van der Waals surface area (Å²) in [6, 6.07) is 0. The Morgan fingerprint density at radius 3 is 2.67 bits per heavy atom. The van der Waals surface area contributed by atoms with Crippen LogP contribution in [-0.2, 0) is 19.0 Å². The minimum Gasteiger partial charge on any atom is -0.501 e. The first-order valence-electron chi connectivity index (χ1n) is 7.16. The Kier molecular flexibility index (Phi) is 6.52. The summed E-state index contributed by atoms with van der Waals surface area (Å²) in [6.45, 7) is 7.51. The molecule has 1 amide bonds. The molecule has 1 fully saturated rings. The van der Waals surface area contributed by atoms with Gasteiger partial charge in [-0.25, -0.2) is 9.59 Å². The first-order chi connectivity index (χ1) is 9.81. The summed E-state index contributed by atoms with van der Waals surface area (Å²) in [6.07, 6.45) is 4.11. The quantitative estimate of drug-likeness (QED) is 0.337. The van der Waals surface area contributed by atoms with Crippen molar-refractivity contribution in [3.05, 3.63) is 12.3 Å². The van der Waals surface area contributed by atoms with Crippen LogP contribution in [0.1, 0.15) is 33.6 Å². The van der Waals surface area contributed by atoms with E-state index in [0.717, 1.165) is 19.4 Å². The molecule has 120 valence electrons. The van der Waals surface area contributed by atoms with Crippen LogP contribution in [0.5, 0.6) is 0 Å². The minimum atomic E-state index is -0.461. The monoisotopic (exact) mass is 299 g/mol. The van der Waals surface area contributed by atoms with Gasteiger partial charge in [-0.1, -0.05) is 0 Å². The van der Waals surface area contributed by atoms with Crippen molar-refractivity contribution in [2.45, 2.75) is 39.2 Å². The Balaban J connectivity index is 2.21. The number of rotatable bonds is 5. The summed E-state index contributed by atoms with van der Waals surface area (Å²) in [5.74, 6) is -0.0315. The average Bonchev–Trinajstić information content (AvgIpc) is 2.85. The molecule has 1 unspecified atom stereocenters. The Labute approximate surface area is 126 Å². The fourth-order valence-corrected chi connectivity index (χ4v) is 2.04. The van der Waals surface area contributed by atoms with Crippen LogP contribution >= 0.6 is 0 Å². The predicted molar refractivity (Wildman–Crippen MR) is 77.6 cm³/mol. The number of esters is 1. The second-order valence-electron chi connectivity index (χ2n) is 6.07. The second-order valence-corrected chi connectivity index (χ2v) is 6.07. The third kappa shape index (κ3) is 7.02. The van der Waals surface area contributed by atoms with Crippen LogP contribution in [0.4, 0.5) is 4.79 Å². The summed E-state index contributed by atoms with van der Waals surface area (Å²) in [7, 11) is 1.32. The van der Waals surface area contributed by atoms with Crippen molar-refractivity contribution in [2.75, 3.05) is 26.8 Å². The van der Waals surface area contributed by atoms with E-state index in [1.807, 2.05) is 20.8 Å². The number of nitrogens with zero attached hydrogens (tertiary/aromatic N) is 1. The van der Waals surface area contributed by atoms with Gasteiger partial charge in [0.05, 0.1) is 26.1 Å². The number of hydrogen-bond donors (Lipinski definition) is 0. The van der Waals surface area contributed by atoms with Crippen LogP contribution in [0, 0.1) is 5.92 Å². The van der Waals surface area contributed by atoms with Crippen molar-refractivity contribution in [1.82, 2.24) is 4.90 Å². The summed E-state index contributed by atoms with van der Waals surface area (Å²) in [5.41, 5.74) is -0.461. The number of ether oxygens (including phenoxy) is 3. The molecule has 6 heteroatoms. The summed E-state index contributed by atoms with van der Waals surface area (Å²) in [4.78, 5) is 24.5. The molecule has 1 atom stereocenters. The standard InChI is InChI=1S/C15H25NO5/c1-15(2,3)21-14(18)16-8-5-12(11-16)6-9-20-10-7-13(17)19-4/h7,10,12H,5-6,8-9,11H2,1-4H3/b10-7-. The van der Waals surface area contributed by atoms with Crippen molar-refractivity contribution < 1.29 is 23.8 Å². The molecule has 0 aromatic heterocycles. The molecule has 0 N–H and O–H groups in total. The van der Waals surface area contributed by atoms with Gasteiger partial charge in [0.25, 0.3) is 0 Å². The third-order valence-electron chi connectivity index (χ3n) is 3.08. The zero-order valence-corrected chi connectivity index (χ0v) is 13.3. The molecular formula is C15H25NO5. The summed E-state index contributed by atoms with van der Waals surface area (Å²) < 4.78 is 15.0. The highest BCUT2D eigenvalue weighted by Crippen LogP contribution is 2.21. The molecule has 1 aliphatic heterocycles. The smallest absolute Gasteiger partial charge is 0.410 e. The molecule has 0 spiro atoms. The van der Waals surface area contributed by atoms with Crippen molar-refractivity contribution in [2.24, 2.45) is 5.92 Å². The first kappa shape index (κ1) is 17.3. The van der Waals surface area contributed by atoms with Gasteiger partial charge in [-0.3, -0.25) is 0 Å². The van der Waals surface area contributed by atoms with Gasteiger partial charge in [-0.05, 0) is 39.5 Å². The van der Waals surface area contributed by atoms with Crippen molar-refractivity contribution >= 4 is 12.1 Å². The highest BCUT2D eigenvalue weighted by atomic mass is 16.6. The molecule has 0 aromatic carbocycles. The molecule has 21 heavy (non-hydrogen) atoms. The molecular weight excluding hydrogens is 274 g/mol. The van der Waals surface area contributed by atoms with E-state index in [2.05, 4.69) is 4.74 Å².